The number of hydrogen-bond donors (Lipinski definition) is 3. The maximum atomic E-state index is 12.2. The number of nitrogens with one attached hydrogen (secondary N) is 2. The van der Waals surface area contributed by atoms with Crippen LogP contribution in [0.3, 0.4) is 0 Å². The highest BCUT2D eigenvalue weighted by molar-refractivity contribution is 6.01. The van der Waals surface area contributed by atoms with E-state index in [-0.39, 0.29) is 18.7 Å². The van der Waals surface area contributed by atoms with Crippen LogP contribution >= 0.6 is 0 Å². The summed E-state index contributed by atoms with van der Waals surface area (Å²) in [7, 11) is 0. The Labute approximate surface area is 130 Å². The summed E-state index contributed by atoms with van der Waals surface area (Å²) in [5.74, 6) is 0.402. The van der Waals surface area contributed by atoms with Gasteiger partial charge in [-0.1, -0.05) is 36.4 Å². The number of aliphatic hydroxyl groups is 1. The summed E-state index contributed by atoms with van der Waals surface area (Å²) >= 11 is 0. The van der Waals surface area contributed by atoms with Gasteiger partial charge in [-0.3, -0.25) is 0 Å². The van der Waals surface area contributed by atoms with Crippen LogP contribution in [-0.4, -0.2) is 23.8 Å². The highest BCUT2D eigenvalue weighted by Crippen LogP contribution is 2.25. The molecule has 0 aliphatic heterocycles. The van der Waals surface area contributed by atoms with E-state index in [9.17, 15) is 4.79 Å². The molecular weight excluding hydrogens is 276 g/mol. The van der Waals surface area contributed by atoms with Crippen LogP contribution in [0.1, 0.15) is 25.7 Å². The van der Waals surface area contributed by atoms with Crippen molar-refractivity contribution in [2.75, 3.05) is 11.9 Å². The summed E-state index contributed by atoms with van der Waals surface area (Å²) < 4.78 is 0. The van der Waals surface area contributed by atoms with Crippen LogP contribution in [-0.2, 0) is 0 Å². The van der Waals surface area contributed by atoms with E-state index in [4.69, 9.17) is 5.11 Å². The number of fused-ring (bicyclic) bond motifs is 1. The zero-order chi connectivity index (χ0) is 15.4. The smallest absolute Gasteiger partial charge is 0.319 e. The molecule has 0 heterocycles. The second-order valence-corrected chi connectivity index (χ2v) is 6.03. The predicted molar refractivity (Wildman–Crippen MR) is 88.9 cm³/mol. The summed E-state index contributed by atoms with van der Waals surface area (Å²) in [6.07, 6.45) is 3.84. The van der Waals surface area contributed by atoms with Crippen molar-refractivity contribution >= 4 is 22.5 Å². The van der Waals surface area contributed by atoms with Gasteiger partial charge in [-0.2, -0.15) is 0 Å². The molecule has 0 radical (unpaired) electrons. The van der Waals surface area contributed by atoms with Crippen molar-refractivity contribution in [1.82, 2.24) is 5.32 Å². The maximum absolute atomic E-state index is 12.2. The lowest BCUT2D eigenvalue weighted by Crippen LogP contribution is -2.40. The standard InChI is InChI=1S/C18H22N2O2/c21-12-13-8-10-15(11-9-13)19-18(22)20-17-7-3-5-14-4-1-2-6-16(14)17/h1-7,13,15,21H,8-12H2,(H2,19,20,22). The van der Waals surface area contributed by atoms with Gasteiger partial charge in [0.05, 0.1) is 5.69 Å². The number of anilines is 1. The Hall–Kier alpha value is -2.07. The van der Waals surface area contributed by atoms with Crippen LogP contribution in [0.15, 0.2) is 42.5 Å². The number of carbonyl (C=O) groups is 1. The monoisotopic (exact) mass is 298 g/mol. The van der Waals surface area contributed by atoms with E-state index >= 15 is 0 Å². The Kier molecular flexibility index (Phi) is 4.59. The molecule has 1 fully saturated rings. The normalized spacial score (nSPS) is 21.5. The van der Waals surface area contributed by atoms with Gasteiger partial charge >= 0.3 is 6.03 Å². The van der Waals surface area contributed by atoms with Crippen LogP contribution in [0.4, 0.5) is 10.5 Å². The van der Waals surface area contributed by atoms with Crippen LogP contribution < -0.4 is 10.6 Å². The zero-order valence-electron chi connectivity index (χ0n) is 12.6. The third-order valence-corrected chi connectivity index (χ3v) is 4.48. The Morgan fingerprint density at radius 2 is 1.77 bits per heavy atom. The van der Waals surface area contributed by atoms with Crippen molar-refractivity contribution in [3.63, 3.8) is 0 Å². The number of hydrogen-bond acceptors (Lipinski definition) is 2. The molecule has 1 aliphatic rings. The molecule has 3 N–H and O–H groups in total. The Bertz CT molecular complexity index is 643. The van der Waals surface area contributed by atoms with Crippen molar-refractivity contribution in [3.05, 3.63) is 42.5 Å². The first-order chi connectivity index (χ1) is 10.8. The quantitative estimate of drug-likeness (QED) is 0.812. The summed E-state index contributed by atoms with van der Waals surface area (Å²) in [6.45, 7) is 0.259. The van der Waals surface area contributed by atoms with Crippen LogP contribution in [0.2, 0.25) is 0 Å². The van der Waals surface area contributed by atoms with E-state index in [1.165, 1.54) is 0 Å². The molecule has 22 heavy (non-hydrogen) atoms. The van der Waals surface area contributed by atoms with Crippen LogP contribution in [0, 0.1) is 5.92 Å². The first-order valence-corrected chi connectivity index (χ1v) is 7.92. The van der Waals surface area contributed by atoms with Crippen LogP contribution in [0.5, 0.6) is 0 Å². The van der Waals surface area contributed by atoms with E-state index in [1.54, 1.807) is 0 Å². The molecule has 3 rings (SSSR count). The lowest BCUT2D eigenvalue weighted by molar-refractivity contribution is 0.176. The van der Waals surface area contributed by atoms with Gasteiger partial charge in [0.25, 0.3) is 0 Å². The number of carbonyl (C=O) groups excluding carboxylic acids is 1. The van der Waals surface area contributed by atoms with Gasteiger partial charge in [0.2, 0.25) is 0 Å². The van der Waals surface area contributed by atoms with Gasteiger partial charge < -0.3 is 15.7 Å². The molecular formula is C18H22N2O2. The van der Waals surface area contributed by atoms with E-state index in [1.807, 2.05) is 42.5 Å². The third-order valence-electron chi connectivity index (χ3n) is 4.48. The van der Waals surface area contributed by atoms with Gasteiger partial charge in [0.15, 0.2) is 0 Å². The second kappa shape index (κ2) is 6.79. The lowest BCUT2D eigenvalue weighted by atomic mass is 9.87. The Balaban J connectivity index is 1.62. The highest BCUT2D eigenvalue weighted by atomic mass is 16.3. The molecule has 2 aromatic carbocycles. The molecule has 0 unspecified atom stereocenters. The largest absolute Gasteiger partial charge is 0.396 e. The van der Waals surface area contributed by atoms with E-state index < -0.39 is 0 Å². The SMILES string of the molecule is O=C(Nc1cccc2ccccc12)NC1CCC(CO)CC1. The summed E-state index contributed by atoms with van der Waals surface area (Å²) in [6, 6.07) is 14.0. The fraction of sp³-hybridized carbons (Fsp3) is 0.389. The average Bonchev–Trinajstić information content (AvgIpc) is 2.56. The minimum absolute atomic E-state index is 0.149. The zero-order valence-corrected chi connectivity index (χ0v) is 12.6. The molecule has 0 atom stereocenters. The number of amides is 2. The molecule has 0 aromatic heterocycles. The molecule has 0 spiro atoms. The molecule has 2 aromatic rings. The summed E-state index contributed by atoms with van der Waals surface area (Å²) in [4.78, 5) is 12.2. The number of urea groups is 1. The lowest BCUT2D eigenvalue weighted by Gasteiger charge is -2.28. The first kappa shape index (κ1) is 14.9. The second-order valence-electron chi connectivity index (χ2n) is 6.03. The van der Waals surface area contributed by atoms with Crippen LogP contribution in [0.25, 0.3) is 10.8 Å². The van der Waals surface area contributed by atoms with Gasteiger partial charge in [0, 0.05) is 18.0 Å². The number of aliphatic hydroxyl groups excluding tert-OH is 1. The highest BCUT2D eigenvalue weighted by Gasteiger charge is 2.21. The minimum Gasteiger partial charge on any atom is -0.396 e. The van der Waals surface area contributed by atoms with Crippen molar-refractivity contribution in [1.29, 1.82) is 0 Å². The van der Waals surface area contributed by atoms with Crippen molar-refractivity contribution in [2.45, 2.75) is 31.7 Å². The maximum Gasteiger partial charge on any atom is 0.319 e. The van der Waals surface area contributed by atoms with E-state index in [2.05, 4.69) is 10.6 Å². The molecule has 2 amide bonds. The molecule has 0 bridgehead atoms. The number of benzene rings is 2. The first-order valence-electron chi connectivity index (χ1n) is 7.92. The summed E-state index contributed by atoms with van der Waals surface area (Å²) in [5.41, 5.74) is 0.833. The topological polar surface area (TPSA) is 61.4 Å². The van der Waals surface area contributed by atoms with Crippen molar-refractivity contribution < 1.29 is 9.90 Å². The Morgan fingerprint density at radius 1 is 1.05 bits per heavy atom. The average molecular weight is 298 g/mol. The minimum atomic E-state index is -0.149. The third kappa shape index (κ3) is 3.39. The van der Waals surface area contributed by atoms with E-state index in [0.29, 0.717) is 5.92 Å². The summed E-state index contributed by atoms with van der Waals surface area (Å²) in [5, 5.41) is 17.3. The molecule has 1 saturated carbocycles. The molecule has 116 valence electrons. The van der Waals surface area contributed by atoms with Crippen molar-refractivity contribution in [2.24, 2.45) is 5.92 Å². The Morgan fingerprint density at radius 3 is 2.55 bits per heavy atom. The van der Waals surface area contributed by atoms with Gasteiger partial charge in [0.1, 0.15) is 0 Å². The predicted octanol–water partition coefficient (Wildman–Crippen LogP) is 3.51. The fourth-order valence-electron chi connectivity index (χ4n) is 3.17. The molecule has 4 nitrogen and oxygen atoms in total. The van der Waals surface area contributed by atoms with Gasteiger partial charge in [-0.25, -0.2) is 4.79 Å². The van der Waals surface area contributed by atoms with E-state index in [0.717, 1.165) is 42.1 Å². The van der Waals surface area contributed by atoms with Crippen molar-refractivity contribution in [3.8, 4) is 0 Å². The molecule has 4 heteroatoms. The molecule has 0 saturated heterocycles. The fourth-order valence-corrected chi connectivity index (χ4v) is 3.17. The van der Waals surface area contributed by atoms with Gasteiger partial charge in [-0.15, -0.1) is 0 Å². The molecule has 1 aliphatic carbocycles. The number of rotatable bonds is 3. The van der Waals surface area contributed by atoms with Gasteiger partial charge in [-0.05, 0) is 43.1 Å².